The highest BCUT2D eigenvalue weighted by Gasteiger charge is 2.25. The smallest absolute Gasteiger partial charge is 0.267 e. The van der Waals surface area contributed by atoms with Crippen molar-refractivity contribution in [2.45, 2.75) is 63.5 Å². The molecule has 5 rings (SSSR count). The molecule has 1 saturated carbocycles. The van der Waals surface area contributed by atoms with Crippen molar-refractivity contribution in [2.24, 2.45) is 0 Å². The fraction of sp³-hybridized carbons (Fsp3) is 0.500. The molecule has 0 spiro atoms. The maximum Gasteiger partial charge on any atom is 0.267 e. The molecule has 0 radical (unpaired) electrons. The lowest BCUT2D eigenvalue weighted by molar-refractivity contribution is 0.300. The number of aryl methyl sites for hydroxylation is 2. The Morgan fingerprint density at radius 3 is 2.78 bits per heavy atom. The van der Waals surface area contributed by atoms with Crippen LogP contribution in [0.15, 0.2) is 35.4 Å². The van der Waals surface area contributed by atoms with Crippen LogP contribution in [0.2, 0.25) is 0 Å². The Bertz CT molecular complexity index is 1010. The standard InChI is InChI=1S/C20H24N6O/c27-20-13-14-3-1-2-4-17(14)23-26(20)16-7-5-15(6-8-16)22-18-9-10-19-21-11-12-25(19)24-18/h9-13,15-16H,1-8H2,(H,22,24). The highest BCUT2D eigenvalue weighted by molar-refractivity contribution is 5.44. The number of nitrogens with zero attached hydrogens (tertiary/aromatic N) is 5. The molecule has 7 heteroatoms. The first kappa shape index (κ1) is 16.5. The van der Waals surface area contributed by atoms with Crippen LogP contribution in [-0.4, -0.2) is 30.4 Å². The van der Waals surface area contributed by atoms with Gasteiger partial charge in [0.25, 0.3) is 5.56 Å². The largest absolute Gasteiger partial charge is 0.366 e. The Balaban J connectivity index is 1.26. The molecule has 2 aliphatic carbocycles. The maximum atomic E-state index is 12.5. The van der Waals surface area contributed by atoms with E-state index in [1.54, 1.807) is 15.4 Å². The summed E-state index contributed by atoms with van der Waals surface area (Å²) in [7, 11) is 0. The van der Waals surface area contributed by atoms with Crippen LogP contribution in [0.1, 0.15) is 55.8 Å². The van der Waals surface area contributed by atoms with Gasteiger partial charge in [0.15, 0.2) is 5.65 Å². The highest BCUT2D eigenvalue weighted by atomic mass is 16.1. The minimum atomic E-state index is 0.0688. The summed E-state index contributed by atoms with van der Waals surface area (Å²) >= 11 is 0. The third-order valence-electron chi connectivity index (χ3n) is 5.88. The summed E-state index contributed by atoms with van der Waals surface area (Å²) in [5, 5.41) is 12.8. The number of hydrogen-bond acceptors (Lipinski definition) is 5. The first-order valence-electron chi connectivity index (χ1n) is 9.95. The molecular formula is C20H24N6O. The van der Waals surface area contributed by atoms with Crippen molar-refractivity contribution in [3.63, 3.8) is 0 Å². The van der Waals surface area contributed by atoms with E-state index >= 15 is 0 Å². The predicted molar refractivity (Wildman–Crippen MR) is 103 cm³/mol. The summed E-state index contributed by atoms with van der Waals surface area (Å²) in [5.41, 5.74) is 3.22. The minimum Gasteiger partial charge on any atom is -0.366 e. The first-order valence-corrected chi connectivity index (χ1v) is 9.95. The Morgan fingerprint density at radius 1 is 1.04 bits per heavy atom. The van der Waals surface area contributed by atoms with E-state index in [1.807, 2.05) is 24.4 Å². The SMILES string of the molecule is O=c1cc2c(nn1C1CCC(Nc3ccc4nccn4n3)CC1)CCCC2. The summed E-state index contributed by atoms with van der Waals surface area (Å²) in [6, 6.07) is 6.37. The summed E-state index contributed by atoms with van der Waals surface area (Å²) < 4.78 is 3.54. The summed E-state index contributed by atoms with van der Waals surface area (Å²) in [6.07, 6.45) is 11.9. The number of nitrogens with one attached hydrogen (secondary N) is 1. The third kappa shape index (κ3) is 3.22. The molecule has 0 bridgehead atoms. The third-order valence-corrected chi connectivity index (χ3v) is 5.88. The molecule has 0 amide bonds. The predicted octanol–water partition coefficient (Wildman–Crippen LogP) is 2.76. The molecule has 0 aliphatic heterocycles. The van der Waals surface area contributed by atoms with Crippen molar-refractivity contribution >= 4 is 11.5 Å². The van der Waals surface area contributed by atoms with Crippen molar-refractivity contribution in [1.29, 1.82) is 0 Å². The lowest BCUT2D eigenvalue weighted by Crippen LogP contribution is -2.34. The van der Waals surface area contributed by atoms with Gasteiger partial charge in [-0.05, 0) is 69.1 Å². The second kappa shape index (κ2) is 6.79. The lowest BCUT2D eigenvalue weighted by atomic mass is 9.91. The molecule has 0 aromatic carbocycles. The Kier molecular flexibility index (Phi) is 4.14. The Morgan fingerprint density at radius 2 is 1.89 bits per heavy atom. The Labute approximate surface area is 157 Å². The quantitative estimate of drug-likeness (QED) is 0.773. The van der Waals surface area contributed by atoms with Crippen LogP contribution < -0.4 is 10.9 Å². The van der Waals surface area contributed by atoms with Gasteiger partial charge in [-0.3, -0.25) is 4.79 Å². The molecule has 7 nitrogen and oxygen atoms in total. The molecule has 1 N–H and O–H groups in total. The average molecular weight is 364 g/mol. The fourth-order valence-electron chi connectivity index (χ4n) is 4.40. The molecule has 1 fully saturated rings. The molecule has 0 atom stereocenters. The number of rotatable bonds is 3. The molecular weight excluding hydrogens is 340 g/mol. The zero-order valence-electron chi connectivity index (χ0n) is 15.3. The topological polar surface area (TPSA) is 77.1 Å². The van der Waals surface area contributed by atoms with E-state index in [0.717, 1.165) is 55.7 Å². The van der Waals surface area contributed by atoms with E-state index in [1.165, 1.54) is 18.4 Å². The van der Waals surface area contributed by atoms with E-state index in [4.69, 9.17) is 5.10 Å². The molecule has 0 unspecified atom stereocenters. The maximum absolute atomic E-state index is 12.5. The van der Waals surface area contributed by atoms with Gasteiger partial charge >= 0.3 is 0 Å². The summed E-state index contributed by atoms with van der Waals surface area (Å²) in [6.45, 7) is 0. The number of fused-ring (bicyclic) bond motifs is 2. The lowest BCUT2D eigenvalue weighted by Gasteiger charge is -2.30. The zero-order valence-corrected chi connectivity index (χ0v) is 15.3. The molecule has 3 heterocycles. The van der Waals surface area contributed by atoms with Gasteiger partial charge in [0.2, 0.25) is 0 Å². The molecule has 140 valence electrons. The van der Waals surface area contributed by atoms with Gasteiger partial charge in [-0.25, -0.2) is 14.2 Å². The van der Waals surface area contributed by atoms with Crippen LogP contribution in [0.25, 0.3) is 5.65 Å². The Hall–Kier alpha value is -2.70. The number of imidazole rings is 1. The van der Waals surface area contributed by atoms with Gasteiger partial charge in [-0.2, -0.15) is 5.10 Å². The van der Waals surface area contributed by atoms with Crippen molar-refractivity contribution in [2.75, 3.05) is 5.32 Å². The zero-order chi connectivity index (χ0) is 18.2. The van der Waals surface area contributed by atoms with Crippen LogP contribution in [0, 0.1) is 0 Å². The minimum absolute atomic E-state index is 0.0688. The van der Waals surface area contributed by atoms with Crippen LogP contribution in [0.5, 0.6) is 0 Å². The van der Waals surface area contributed by atoms with Gasteiger partial charge in [-0.1, -0.05) is 0 Å². The van der Waals surface area contributed by atoms with Crippen LogP contribution in [-0.2, 0) is 12.8 Å². The van der Waals surface area contributed by atoms with Crippen LogP contribution in [0.3, 0.4) is 0 Å². The van der Waals surface area contributed by atoms with E-state index in [9.17, 15) is 4.79 Å². The number of aromatic nitrogens is 5. The monoisotopic (exact) mass is 364 g/mol. The van der Waals surface area contributed by atoms with Gasteiger partial charge in [0.1, 0.15) is 5.82 Å². The summed E-state index contributed by atoms with van der Waals surface area (Å²) in [5.74, 6) is 0.869. The molecule has 3 aromatic rings. The van der Waals surface area contributed by atoms with Crippen LogP contribution in [0.4, 0.5) is 5.82 Å². The van der Waals surface area contributed by atoms with Crippen LogP contribution >= 0.6 is 0 Å². The molecule has 3 aromatic heterocycles. The van der Waals surface area contributed by atoms with Gasteiger partial charge in [-0.15, -0.1) is 5.10 Å². The normalized spacial score (nSPS) is 22.5. The fourth-order valence-corrected chi connectivity index (χ4v) is 4.40. The number of anilines is 1. The first-order chi connectivity index (χ1) is 13.3. The molecule has 0 saturated heterocycles. The van der Waals surface area contributed by atoms with Gasteiger partial charge < -0.3 is 5.32 Å². The van der Waals surface area contributed by atoms with Crippen molar-refractivity contribution in [3.05, 3.63) is 52.2 Å². The van der Waals surface area contributed by atoms with Crippen molar-refractivity contribution < 1.29 is 0 Å². The average Bonchev–Trinajstić information content (AvgIpc) is 3.16. The molecule has 27 heavy (non-hydrogen) atoms. The van der Waals surface area contributed by atoms with E-state index < -0.39 is 0 Å². The summed E-state index contributed by atoms with van der Waals surface area (Å²) in [4.78, 5) is 16.8. The van der Waals surface area contributed by atoms with Gasteiger partial charge in [0, 0.05) is 24.5 Å². The van der Waals surface area contributed by atoms with Gasteiger partial charge in [0.05, 0.1) is 11.7 Å². The second-order valence-corrected chi connectivity index (χ2v) is 7.70. The second-order valence-electron chi connectivity index (χ2n) is 7.70. The van der Waals surface area contributed by atoms with Crippen molar-refractivity contribution in [1.82, 2.24) is 24.4 Å². The van der Waals surface area contributed by atoms with E-state index in [0.29, 0.717) is 6.04 Å². The number of hydrogen-bond donors (Lipinski definition) is 1. The highest BCUT2D eigenvalue weighted by Crippen LogP contribution is 2.29. The molecule has 2 aliphatic rings. The van der Waals surface area contributed by atoms with Crippen molar-refractivity contribution in [3.8, 4) is 0 Å². The van der Waals surface area contributed by atoms with E-state index in [-0.39, 0.29) is 11.6 Å². The van der Waals surface area contributed by atoms with E-state index in [2.05, 4.69) is 15.4 Å².